The zero-order chi connectivity index (χ0) is 14.5. The largest absolute Gasteiger partial charge is 0.382 e. The van der Waals surface area contributed by atoms with E-state index in [2.05, 4.69) is 10.2 Å². The fourth-order valence-corrected chi connectivity index (χ4v) is 2.71. The number of hydrogen-bond donors (Lipinski definition) is 1. The Morgan fingerprint density at radius 1 is 1.55 bits per heavy atom. The first kappa shape index (κ1) is 14.6. The number of piperidine rings is 1. The summed E-state index contributed by atoms with van der Waals surface area (Å²) in [7, 11) is 1.70. The second-order valence-corrected chi connectivity index (χ2v) is 4.85. The van der Waals surface area contributed by atoms with Gasteiger partial charge in [0.15, 0.2) is 0 Å². The first-order chi connectivity index (χ1) is 9.67. The summed E-state index contributed by atoms with van der Waals surface area (Å²) in [6, 6.07) is 5.39. The molecule has 110 valence electrons. The second kappa shape index (κ2) is 6.56. The van der Waals surface area contributed by atoms with Crippen molar-refractivity contribution in [1.82, 2.24) is 0 Å². The van der Waals surface area contributed by atoms with Crippen molar-refractivity contribution < 1.29 is 9.66 Å². The summed E-state index contributed by atoms with van der Waals surface area (Å²) in [5.41, 5.74) is 1.37. The van der Waals surface area contributed by atoms with Gasteiger partial charge in [0.25, 0.3) is 0 Å². The van der Waals surface area contributed by atoms with Gasteiger partial charge in [-0.05, 0) is 31.9 Å². The minimum Gasteiger partial charge on any atom is -0.382 e. The van der Waals surface area contributed by atoms with Crippen LogP contribution in [0.1, 0.15) is 19.8 Å². The number of nitro groups is 1. The van der Waals surface area contributed by atoms with Gasteiger partial charge in [0.2, 0.25) is 0 Å². The van der Waals surface area contributed by atoms with Gasteiger partial charge in [-0.15, -0.1) is 0 Å². The quantitative estimate of drug-likeness (QED) is 0.663. The molecule has 0 aromatic heterocycles. The maximum absolute atomic E-state index is 11.4. The number of benzene rings is 1. The average molecular weight is 279 g/mol. The molecular weight excluding hydrogens is 258 g/mol. The average Bonchev–Trinajstić information content (AvgIpc) is 2.47. The van der Waals surface area contributed by atoms with Gasteiger partial charge in [-0.1, -0.05) is 6.07 Å². The van der Waals surface area contributed by atoms with Crippen LogP contribution in [0.5, 0.6) is 0 Å². The highest BCUT2D eigenvalue weighted by atomic mass is 16.6. The Balaban J connectivity index is 2.29. The van der Waals surface area contributed by atoms with Crippen LogP contribution >= 0.6 is 0 Å². The normalized spacial score (nSPS) is 18.9. The van der Waals surface area contributed by atoms with Gasteiger partial charge in [0.05, 0.1) is 11.0 Å². The van der Waals surface area contributed by atoms with Gasteiger partial charge < -0.3 is 15.0 Å². The third-order valence-electron chi connectivity index (χ3n) is 3.59. The molecule has 6 nitrogen and oxygen atoms in total. The van der Waals surface area contributed by atoms with Crippen LogP contribution in [-0.4, -0.2) is 37.8 Å². The molecule has 1 N–H and O–H groups in total. The summed E-state index contributed by atoms with van der Waals surface area (Å²) in [5.74, 6) is 0. The molecule has 1 atom stereocenters. The molecule has 0 saturated carbocycles. The maximum atomic E-state index is 11.4. The van der Waals surface area contributed by atoms with Crippen molar-refractivity contribution in [1.29, 1.82) is 0 Å². The lowest BCUT2D eigenvalue weighted by Crippen LogP contribution is -2.40. The van der Waals surface area contributed by atoms with Crippen molar-refractivity contribution in [3.05, 3.63) is 28.3 Å². The molecule has 1 aliphatic rings. The van der Waals surface area contributed by atoms with E-state index >= 15 is 0 Å². The zero-order valence-corrected chi connectivity index (χ0v) is 12.0. The predicted molar refractivity (Wildman–Crippen MR) is 79.5 cm³/mol. The molecule has 2 rings (SSSR count). The zero-order valence-electron chi connectivity index (χ0n) is 12.0. The Bertz CT molecular complexity index is 477. The smallest absolute Gasteiger partial charge is 0.315 e. The first-order valence-corrected chi connectivity index (χ1v) is 6.99. The Hall–Kier alpha value is -1.82. The number of rotatable bonds is 5. The number of anilines is 2. The van der Waals surface area contributed by atoms with Crippen LogP contribution in [-0.2, 0) is 4.74 Å². The highest BCUT2D eigenvalue weighted by Gasteiger charge is 2.27. The van der Waals surface area contributed by atoms with E-state index in [1.54, 1.807) is 13.1 Å². The highest BCUT2D eigenvalue weighted by molar-refractivity contribution is 5.77. The van der Waals surface area contributed by atoms with Crippen LogP contribution in [0.2, 0.25) is 0 Å². The Morgan fingerprint density at radius 3 is 3.00 bits per heavy atom. The van der Waals surface area contributed by atoms with E-state index in [0.717, 1.165) is 19.4 Å². The van der Waals surface area contributed by atoms with Crippen LogP contribution in [0, 0.1) is 10.1 Å². The molecule has 0 radical (unpaired) electrons. The van der Waals surface area contributed by atoms with Crippen molar-refractivity contribution in [3.63, 3.8) is 0 Å². The van der Waals surface area contributed by atoms with Crippen LogP contribution in [0.15, 0.2) is 18.2 Å². The van der Waals surface area contributed by atoms with Gasteiger partial charge in [0.1, 0.15) is 11.4 Å². The van der Waals surface area contributed by atoms with Crippen molar-refractivity contribution in [3.8, 4) is 0 Å². The Morgan fingerprint density at radius 2 is 2.35 bits per heavy atom. The van der Waals surface area contributed by atoms with Gasteiger partial charge in [0, 0.05) is 26.7 Å². The van der Waals surface area contributed by atoms with E-state index in [1.165, 1.54) is 0 Å². The lowest BCUT2D eigenvalue weighted by Gasteiger charge is -2.34. The van der Waals surface area contributed by atoms with Crippen molar-refractivity contribution >= 4 is 17.1 Å². The molecule has 0 aliphatic carbocycles. The predicted octanol–water partition coefficient (Wildman–Crippen LogP) is 2.64. The molecule has 20 heavy (non-hydrogen) atoms. The number of ether oxygens (including phenoxy) is 1. The molecule has 0 spiro atoms. The van der Waals surface area contributed by atoms with Gasteiger partial charge in [-0.3, -0.25) is 10.1 Å². The van der Waals surface area contributed by atoms with E-state index in [-0.39, 0.29) is 16.7 Å². The molecule has 1 unspecified atom stereocenters. The summed E-state index contributed by atoms with van der Waals surface area (Å²) < 4.78 is 5.66. The molecule has 1 heterocycles. The van der Waals surface area contributed by atoms with Gasteiger partial charge >= 0.3 is 5.69 Å². The molecule has 1 aromatic carbocycles. The van der Waals surface area contributed by atoms with E-state index in [9.17, 15) is 10.1 Å². The standard InChI is InChI=1S/C14H21N3O3/c1-3-20-11-6-5-9-16(10-11)13-8-4-7-12(15-2)14(13)17(18)19/h4,7-8,11,15H,3,5-6,9-10H2,1-2H3. The Kier molecular flexibility index (Phi) is 4.79. The Labute approximate surface area is 118 Å². The molecule has 1 aromatic rings. The maximum Gasteiger partial charge on any atom is 0.315 e. The van der Waals surface area contributed by atoms with Gasteiger partial charge in [-0.25, -0.2) is 0 Å². The first-order valence-electron chi connectivity index (χ1n) is 6.99. The molecule has 1 aliphatic heterocycles. The topological polar surface area (TPSA) is 67.6 Å². The van der Waals surface area contributed by atoms with E-state index in [4.69, 9.17) is 4.74 Å². The molecule has 1 saturated heterocycles. The van der Waals surface area contributed by atoms with Crippen molar-refractivity contribution in [2.75, 3.05) is 37.0 Å². The summed E-state index contributed by atoms with van der Waals surface area (Å²) in [6.07, 6.45) is 2.17. The van der Waals surface area contributed by atoms with Crippen LogP contribution in [0.4, 0.5) is 17.1 Å². The molecule has 0 bridgehead atoms. The fraction of sp³-hybridized carbons (Fsp3) is 0.571. The minimum absolute atomic E-state index is 0.146. The number of hydrogen-bond acceptors (Lipinski definition) is 5. The summed E-state index contributed by atoms with van der Waals surface area (Å²) >= 11 is 0. The van der Waals surface area contributed by atoms with Crippen molar-refractivity contribution in [2.45, 2.75) is 25.9 Å². The molecular formula is C14H21N3O3. The lowest BCUT2D eigenvalue weighted by molar-refractivity contribution is -0.383. The number of para-hydroxylation sites is 1. The molecule has 1 fully saturated rings. The van der Waals surface area contributed by atoms with Crippen molar-refractivity contribution in [2.24, 2.45) is 0 Å². The summed E-state index contributed by atoms with van der Waals surface area (Å²) in [5, 5.41) is 14.3. The monoisotopic (exact) mass is 279 g/mol. The van der Waals surface area contributed by atoms with Crippen LogP contribution in [0.3, 0.4) is 0 Å². The third-order valence-corrected chi connectivity index (χ3v) is 3.59. The van der Waals surface area contributed by atoms with E-state index in [1.807, 2.05) is 19.1 Å². The third kappa shape index (κ3) is 3.01. The minimum atomic E-state index is -0.314. The SMILES string of the molecule is CCOC1CCCN(c2cccc(NC)c2[N+](=O)[O-])C1. The van der Waals surface area contributed by atoms with E-state index in [0.29, 0.717) is 24.5 Å². The van der Waals surface area contributed by atoms with Crippen LogP contribution in [0.25, 0.3) is 0 Å². The van der Waals surface area contributed by atoms with Crippen LogP contribution < -0.4 is 10.2 Å². The van der Waals surface area contributed by atoms with E-state index < -0.39 is 0 Å². The van der Waals surface area contributed by atoms with Gasteiger partial charge in [-0.2, -0.15) is 0 Å². The number of nitro benzene ring substituents is 1. The second-order valence-electron chi connectivity index (χ2n) is 4.85. The fourth-order valence-electron chi connectivity index (χ4n) is 2.71. The molecule has 0 amide bonds. The number of nitrogens with one attached hydrogen (secondary N) is 1. The summed E-state index contributed by atoms with van der Waals surface area (Å²) in [6.45, 7) is 4.19. The lowest BCUT2D eigenvalue weighted by atomic mass is 10.1. The molecule has 6 heteroatoms. The summed E-state index contributed by atoms with van der Waals surface area (Å²) in [4.78, 5) is 13.1. The number of nitrogens with zero attached hydrogens (tertiary/aromatic N) is 2. The highest BCUT2D eigenvalue weighted by Crippen LogP contribution is 2.36.